The summed E-state index contributed by atoms with van der Waals surface area (Å²) in [6.07, 6.45) is 0.893. The number of nitrogens with two attached hydrogens (primary N) is 1. The molecule has 11 heteroatoms. The van der Waals surface area contributed by atoms with Gasteiger partial charge in [-0.25, -0.2) is 4.98 Å². The van der Waals surface area contributed by atoms with Crippen LogP contribution in [0.15, 0.2) is 28.9 Å². The van der Waals surface area contributed by atoms with Crippen molar-refractivity contribution in [2.75, 3.05) is 5.73 Å². The fraction of sp³-hybridized carbons (Fsp3) is 0. The van der Waals surface area contributed by atoms with Crippen molar-refractivity contribution < 1.29 is 14.6 Å². The van der Waals surface area contributed by atoms with Crippen LogP contribution >= 0.6 is 15.9 Å². The minimum Gasteiger partial charge on any atom is -0.433 e. The summed E-state index contributed by atoms with van der Waals surface area (Å²) in [6, 6.07) is 3.76. The second-order valence-electron chi connectivity index (χ2n) is 3.68. The number of aromatic nitrogens is 2. The van der Waals surface area contributed by atoms with E-state index < -0.39 is 21.4 Å². The van der Waals surface area contributed by atoms with Crippen molar-refractivity contribution in [2.24, 2.45) is 0 Å². The van der Waals surface area contributed by atoms with Crippen molar-refractivity contribution in [1.82, 2.24) is 9.97 Å². The summed E-state index contributed by atoms with van der Waals surface area (Å²) >= 11 is 3.08. The standard InChI is InChI=1S/C10H6BrN5O5/c11-5-1-6(15(17)18)3-7(2-5)21-9-8(16(19)20)4-13-10(12)14-9/h1-4H,(H2,12,13,14). The Balaban J connectivity index is 2.45. The van der Waals surface area contributed by atoms with Gasteiger partial charge < -0.3 is 10.5 Å². The highest BCUT2D eigenvalue weighted by Crippen LogP contribution is 2.32. The summed E-state index contributed by atoms with van der Waals surface area (Å²) in [5.74, 6) is -0.628. The summed E-state index contributed by atoms with van der Waals surface area (Å²) < 4.78 is 5.59. The number of non-ortho nitro benzene ring substituents is 1. The Kier molecular flexibility index (Phi) is 3.93. The zero-order chi connectivity index (χ0) is 15.6. The highest BCUT2D eigenvalue weighted by molar-refractivity contribution is 9.10. The van der Waals surface area contributed by atoms with Crippen molar-refractivity contribution in [2.45, 2.75) is 0 Å². The number of ether oxygens (including phenoxy) is 1. The lowest BCUT2D eigenvalue weighted by molar-refractivity contribution is -0.386. The molecule has 0 spiro atoms. The van der Waals surface area contributed by atoms with Crippen LogP contribution in [0.1, 0.15) is 0 Å². The highest BCUT2D eigenvalue weighted by atomic mass is 79.9. The Hall–Kier alpha value is -2.82. The smallest absolute Gasteiger partial charge is 0.349 e. The molecule has 0 radical (unpaired) electrons. The van der Waals surface area contributed by atoms with E-state index in [2.05, 4.69) is 25.9 Å². The fourth-order valence-corrected chi connectivity index (χ4v) is 1.86. The van der Waals surface area contributed by atoms with Crippen LogP contribution in [-0.2, 0) is 0 Å². The highest BCUT2D eigenvalue weighted by Gasteiger charge is 2.20. The van der Waals surface area contributed by atoms with Crippen LogP contribution in [0.2, 0.25) is 0 Å². The van der Waals surface area contributed by atoms with Crippen LogP contribution in [0.4, 0.5) is 17.3 Å². The van der Waals surface area contributed by atoms with E-state index in [0.29, 0.717) is 4.47 Å². The molecule has 1 aromatic heterocycles. The molecule has 0 saturated carbocycles. The van der Waals surface area contributed by atoms with E-state index >= 15 is 0 Å². The lowest BCUT2D eigenvalue weighted by Crippen LogP contribution is -2.01. The SMILES string of the molecule is Nc1ncc([N+](=O)[O-])c(Oc2cc(Br)cc([N+](=O)[O-])c2)n1. The van der Waals surface area contributed by atoms with Gasteiger partial charge in [0.25, 0.3) is 5.69 Å². The Morgan fingerprint density at radius 1 is 1.19 bits per heavy atom. The molecule has 1 aromatic carbocycles. The maximum atomic E-state index is 10.9. The molecule has 1 heterocycles. The Bertz CT molecular complexity index is 738. The Labute approximate surface area is 125 Å². The van der Waals surface area contributed by atoms with Gasteiger partial charge in [-0.3, -0.25) is 20.2 Å². The second kappa shape index (κ2) is 5.66. The monoisotopic (exact) mass is 355 g/mol. The number of hydrogen-bond donors (Lipinski definition) is 1. The first-order valence-corrected chi connectivity index (χ1v) is 6.06. The first kappa shape index (κ1) is 14.6. The van der Waals surface area contributed by atoms with Gasteiger partial charge in [0.2, 0.25) is 5.95 Å². The van der Waals surface area contributed by atoms with E-state index in [1.54, 1.807) is 0 Å². The van der Waals surface area contributed by atoms with Crippen molar-refractivity contribution in [3.05, 3.63) is 49.1 Å². The minimum atomic E-state index is -0.749. The molecule has 0 bridgehead atoms. The third kappa shape index (κ3) is 3.39. The summed E-state index contributed by atoms with van der Waals surface area (Å²) in [6.45, 7) is 0. The number of nitro benzene ring substituents is 1. The molecule has 2 N–H and O–H groups in total. The molecular weight excluding hydrogens is 350 g/mol. The molecule has 10 nitrogen and oxygen atoms in total. The molecule has 21 heavy (non-hydrogen) atoms. The van der Waals surface area contributed by atoms with Crippen molar-refractivity contribution in [3.8, 4) is 11.6 Å². The van der Waals surface area contributed by atoms with E-state index in [-0.39, 0.29) is 17.4 Å². The average Bonchev–Trinajstić information content (AvgIpc) is 2.37. The number of halogens is 1. The molecule has 0 amide bonds. The number of rotatable bonds is 4. The lowest BCUT2D eigenvalue weighted by Gasteiger charge is -2.06. The van der Waals surface area contributed by atoms with E-state index in [4.69, 9.17) is 10.5 Å². The fourth-order valence-electron chi connectivity index (χ4n) is 1.40. The zero-order valence-electron chi connectivity index (χ0n) is 10.1. The van der Waals surface area contributed by atoms with Crippen LogP contribution in [0.5, 0.6) is 11.6 Å². The third-order valence-electron chi connectivity index (χ3n) is 2.23. The van der Waals surface area contributed by atoms with Gasteiger partial charge in [-0.2, -0.15) is 4.98 Å². The second-order valence-corrected chi connectivity index (χ2v) is 4.60. The Morgan fingerprint density at radius 3 is 2.52 bits per heavy atom. The van der Waals surface area contributed by atoms with E-state index in [9.17, 15) is 20.2 Å². The largest absolute Gasteiger partial charge is 0.433 e. The number of hydrogen-bond acceptors (Lipinski definition) is 8. The van der Waals surface area contributed by atoms with Gasteiger partial charge in [-0.15, -0.1) is 0 Å². The molecule has 0 unspecified atom stereocenters. The van der Waals surface area contributed by atoms with Crippen LogP contribution < -0.4 is 10.5 Å². The van der Waals surface area contributed by atoms with Gasteiger partial charge in [-0.05, 0) is 6.07 Å². The summed E-state index contributed by atoms with van der Waals surface area (Å²) in [5, 5.41) is 21.6. The summed E-state index contributed by atoms with van der Waals surface area (Å²) in [5.41, 5.74) is 4.59. The van der Waals surface area contributed by atoms with Crippen molar-refractivity contribution >= 4 is 33.3 Å². The van der Waals surface area contributed by atoms with Crippen molar-refractivity contribution in [3.63, 3.8) is 0 Å². The van der Waals surface area contributed by atoms with Gasteiger partial charge in [0.15, 0.2) is 0 Å². The zero-order valence-corrected chi connectivity index (χ0v) is 11.7. The molecule has 0 fully saturated rings. The van der Waals surface area contributed by atoms with E-state index in [1.165, 1.54) is 12.1 Å². The van der Waals surface area contributed by atoms with Gasteiger partial charge in [0.05, 0.1) is 15.9 Å². The molecule has 0 atom stereocenters. The van der Waals surface area contributed by atoms with Crippen LogP contribution in [0.25, 0.3) is 0 Å². The maximum Gasteiger partial charge on any atom is 0.349 e. The average molecular weight is 356 g/mol. The number of benzene rings is 1. The van der Waals surface area contributed by atoms with Gasteiger partial charge in [-0.1, -0.05) is 15.9 Å². The summed E-state index contributed by atoms with van der Waals surface area (Å²) in [7, 11) is 0. The predicted molar refractivity (Wildman–Crippen MR) is 74.0 cm³/mol. The predicted octanol–water partition coefficient (Wildman–Crippen LogP) is 2.43. The molecule has 2 rings (SSSR count). The van der Waals surface area contributed by atoms with Crippen molar-refractivity contribution in [1.29, 1.82) is 0 Å². The number of nitrogens with zero attached hydrogens (tertiary/aromatic N) is 4. The summed E-state index contributed by atoms with van der Waals surface area (Å²) in [4.78, 5) is 27.3. The maximum absolute atomic E-state index is 10.9. The van der Waals surface area contributed by atoms with Gasteiger partial charge >= 0.3 is 11.6 Å². The molecule has 0 saturated heterocycles. The number of nitro groups is 2. The molecule has 108 valence electrons. The van der Waals surface area contributed by atoms with Crippen LogP contribution in [0, 0.1) is 20.2 Å². The first-order chi connectivity index (χ1) is 9.86. The van der Waals surface area contributed by atoms with Gasteiger partial charge in [0, 0.05) is 10.5 Å². The molecule has 2 aromatic rings. The topological polar surface area (TPSA) is 147 Å². The Morgan fingerprint density at radius 2 is 1.90 bits per heavy atom. The lowest BCUT2D eigenvalue weighted by atomic mass is 10.3. The minimum absolute atomic E-state index is 0.00252. The molecule has 0 aliphatic rings. The molecular formula is C10H6BrN5O5. The third-order valence-corrected chi connectivity index (χ3v) is 2.69. The quantitative estimate of drug-likeness (QED) is 0.649. The number of anilines is 1. The normalized spacial score (nSPS) is 10.1. The van der Waals surface area contributed by atoms with E-state index in [1.807, 2.05) is 0 Å². The van der Waals surface area contributed by atoms with E-state index in [0.717, 1.165) is 12.3 Å². The number of nitrogen functional groups attached to an aromatic ring is 1. The van der Waals surface area contributed by atoms with Crippen LogP contribution in [-0.4, -0.2) is 19.8 Å². The molecule has 0 aliphatic carbocycles. The van der Waals surface area contributed by atoms with Crippen LogP contribution in [0.3, 0.4) is 0 Å². The van der Waals surface area contributed by atoms with Gasteiger partial charge in [0.1, 0.15) is 11.9 Å². The first-order valence-electron chi connectivity index (χ1n) is 5.26. The molecule has 0 aliphatic heterocycles.